The van der Waals surface area contributed by atoms with E-state index in [9.17, 15) is 4.79 Å². The quantitative estimate of drug-likeness (QED) is 0.489. The van der Waals surface area contributed by atoms with Gasteiger partial charge in [-0.2, -0.15) is 4.98 Å². The van der Waals surface area contributed by atoms with E-state index >= 15 is 0 Å². The first-order valence-corrected chi connectivity index (χ1v) is 9.51. The van der Waals surface area contributed by atoms with Gasteiger partial charge in [-0.25, -0.2) is 4.98 Å². The molecule has 154 valence electrons. The van der Waals surface area contributed by atoms with Gasteiger partial charge >= 0.3 is 0 Å². The first-order valence-electron chi connectivity index (χ1n) is 9.51. The van der Waals surface area contributed by atoms with Crippen LogP contribution < -0.4 is 14.8 Å². The summed E-state index contributed by atoms with van der Waals surface area (Å²) in [6.07, 6.45) is 0.726. The van der Waals surface area contributed by atoms with Crippen LogP contribution in [0.25, 0.3) is 22.4 Å². The molecule has 9 heteroatoms. The normalized spacial score (nSPS) is 10.9. The van der Waals surface area contributed by atoms with Gasteiger partial charge in [0.25, 0.3) is 0 Å². The van der Waals surface area contributed by atoms with Crippen molar-refractivity contribution in [1.82, 2.24) is 24.7 Å². The van der Waals surface area contributed by atoms with E-state index in [1.807, 2.05) is 41.8 Å². The third kappa shape index (κ3) is 3.69. The summed E-state index contributed by atoms with van der Waals surface area (Å²) in [6, 6.07) is 13.1. The van der Waals surface area contributed by atoms with Crippen LogP contribution in [0.4, 0.5) is 5.95 Å². The number of methoxy groups -OCH3 is 2. The van der Waals surface area contributed by atoms with Crippen molar-refractivity contribution in [3.63, 3.8) is 0 Å². The topological polar surface area (TPSA) is 107 Å². The summed E-state index contributed by atoms with van der Waals surface area (Å²) in [5.41, 5.74) is 2.50. The molecule has 0 aliphatic heterocycles. The number of benzene rings is 2. The number of aromatic nitrogens is 5. The number of H-pyrrole nitrogens is 1. The van der Waals surface area contributed by atoms with Gasteiger partial charge in [0.1, 0.15) is 23.9 Å². The minimum absolute atomic E-state index is 0.124. The van der Waals surface area contributed by atoms with Gasteiger partial charge in [-0.05, 0) is 24.3 Å². The van der Waals surface area contributed by atoms with Gasteiger partial charge in [-0.3, -0.25) is 15.2 Å². The van der Waals surface area contributed by atoms with Crippen molar-refractivity contribution >= 4 is 22.9 Å². The number of nitrogens with zero attached hydrogens (tertiary/aromatic N) is 4. The molecule has 0 spiro atoms. The second-order valence-electron chi connectivity index (χ2n) is 6.58. The Morgan fingerprint density at radius 2 is 1.97 bits per heavy atom. The van der Waals surface area contributed by atoms with Crippen LogP contribution >= 0.6 is 0 Å². The zero-order valence-electron chi connectivity index (χ0n) is 17.0. The van der Waals surface area contributed by atoms with Gasteiger partial charge in [0.15, 0.2) is 5.82 Å². The molecule has 0 aliphatic carbocycles. The van der Waals surface area contributed by atoms with Crippen LogP contribution in [0.15, 0.2) is 42.5 Å². The monoisotopic (exact) mass is 406 g/mol. The summed E-state index contributed by atoms with van der Waals surface area (Å²) >= 11 is 0. The highest BCUT2D eigenvalue weighted by molar-refractivity contribution is 5.90. The van der Waals surface area contributed by atoms with E-state index in [-0.39, 0.29) is 18.4 Å². The van der Waals surface area contributed by atoms with Crippen LogP contribution in [0, 0.1) is 0 Å². The number of imidazole rings is 1. The minimum Gasteiger partial charge on any atom is -0.497 e. The maximum Gasteiger partial charge on any atom is 0.249 e. The number of ether oxygens (including phenoxy) is 2. The summed E-state index contributed by atoms with van der Waals surface area (Å²) in [5.74, 6) is 2.54. The molecule has 1 amide bonds. The zero-order valence-corrected chi connectivity index (χ0v) is 17.0. The third-order valence-electron chi connectivity index (χ3n) is 4.75. The molecule has 0 saturated heterocycles. The number of carbonyl (C=O) groups is 1. The Labute approximate surface area is 173 Å². The zero-order chi connectivity index (χ0) is 21.1. The lowest BCUT2D eigenvalue weighted by Crippen LogP contribution is -2.20. The molecule has 0 bridgehead atoms. The fourth-order valence-corrected chi connectivity index (χ4v) is 3.31. The van der Waals surface area contributed by atoms with Crippen molar-refractivity contribution in [2.45, 2.75) is 19.9 Å². The number of rotatable bonds is 7. The van der Waals surface area contributed by atoms with Crippen molar-refractivity contribution < 1.29 is 14.3 Å². The smallest absolute Gasteiger partial charge is 0.249 e. The molecule has 0 unspecified atom stereocenters. The van der Waals surface area contributed by atoms with E-state index in [4.69, 9.17) is 9.47 Å². The molecule has 2 heterocycles. The van der Waals surface area contributed by atoms with Gasteiger partial charge in [-0.15, -0.1) is 5.10 Å². The van der Waals surface area contributed by atoms with Crippen LogP contribution in [0.3, 0.4) is 0 Å². The Bertz CT molecular complexity index is 1200. The molecule has 0 saturated carbocycles. The molecule has 4 rings (SSSR count). The number of carbonyl (C=O) groups excluding carboxylic acids is 1. The fourth-order valence-electron chi connectivity index (χ4n) is 3.31. The van der Waals surface area contributed by atoms with Gasteiger partial charge in [0.05, 0.1) is 30.8 Å². The number of hydrogen-bond donors (Lipinski definition) is 2. The van der Waals surface area contributed by atoms with E-state index in [2.05, 4.69) is 25.5 Å². The highest BCUT2D eigenvalue weighted by Crippen LogP contribution is 2.31. The van der Waals surface area contributed by atoms with Gasteiger partial charge in [0, 0.05) is 12.5 Å². The molecule has 30 heavy (non-hydrogen) atoms. The molecular weight excluding hydrogens is 384 g/mol. The van der Waals surface area contributed by atoms with E-state index in [0.29, 0.717) is 22.9 Å². The number of para-hydroxylation sites is 2. The molecule has 0 aliphatic rings. The summed E-state index contributed by atoms with van der Waals surface area (Å²) in [4.78, 5) is 21.6. The SMILES string of the molecule is CCc1nc2ccccc2n1CC(=O)Nc1n[nH]c(-c2ccc(OC)cc2OC)n1. The molecule has 0 atom stereocenters. The molecule has 2 aromatic heterocycles. The van der Waals surface area contributed by atoms with E-state index in [0.717, 1.165) is 23.3 Å². The van der Waals surface area contributed by atoms with Crippen LogP contribution in [0.2, 0.25) is 0 Å². The predicted octanol–water partition coefficient (Wildman–Crippen LogP) is 3.04. The first kappa shape index (κ1) is 19.4. The van der Waals surface area contributed by atoms with Crippen molar-refractivity contribution in [3.05, 3.63) is 48.3 Å². The Balaban J connectivity index is 1.53. The number of aryl methyl sites for hydroxylation is 1. The number of aromatic amines is 1. The fraction of sp³-hybridized carbons (Fsp3) is 0.238. The summed E-state index contributed by atoms with van der Waals surface area (Å²) in [6.45, 7) is 2.14. The second-order valence-corrected chi connectivity index (χ2v) is 6.58. The molecule has 0 radical (unpaired) electrons. The largest absolute Gasteiger partial charge is 0.497 e. The van der Waals surface area contributed by atoms with Gasteiger partial charge in [0.2, 0.25) is 11.9 Å². The highest BCUT2D eigenvalue weighted by Gasteiger charge is 2.16. The lowest BCUT2D eigenvalue weighted by atomic mass is 10.2. The molecule has 9 nitrogen and oxygen atoms in total. The number of amides is 1. The van der Waals surface area contributed by atoms with Crippen molar-refractivity contribution in [1.29, 1.82) is 0 Å². The lowest BCUT2D eigenvalue weighted by molar-refractivity contribution is -0.116. The lowest BCUT2D eigenvalue weighted by Gasteiger charge is -2.08. The van der Waals surface area contributed by atoms with Crippen LogP contribution in [-0.4, -0.2) is 44.9 Å². The van der Waals surface area contributed by atoms with Gasteiger partial charge in [-0.1, -0.05) is 19.1 Å². The maximum absolute atomic E-state index is 12.6. The van der Waals surface area contributed by atoms with Crippen LogP contribution in [0.1, 0.15) is 12.7 Å². The predicted molar refractivity (Wildman–Crippen MR) is 113 cm³/mol. The Morgan fingerprint density at radius 3 is 2.73 bits per heavy atom. The highest BCUT2D eigenvalue weighted by atomic mass is 16.5. The summed E-state index contributed by atoms with van der Waals surface area (Å²) in [5, 5.41) is 9.68. The second kappa shape index (κ2) is 8.24. The van der Waals surface area contributed by atoms with E-state index in [1.165, 1.54) is 0 Å². The Hall–Kier alpha value is -3.88. The number of anilines is 1. The molecule has 4 aromatic rings. The van der Waals surface area contributed by atoms with Crippen LogP contribution in [0.5, 0.6) is 11.5 Å². The van der Waals surface area contributed by atoms with Crippen LogP contribution in [-0.2, 0) is 17.8 Å². The number of fused-ring (bicyclic) bond motifs is 1. The molecule has 2 aromatic carbocycles. The Kier molecular flexibility index (Phi) is 5.34. The van der Waals surface area contributed by atoms with Gasteiger partial charge < -0.3 is 14.0 Å². The standard InChI is InChI=1S/C21H22N6O3/c1-4-18-22-15-7-5-6-8-16(15)27(18)12-19(28)23-21-24-20(25-26-21)14-10-9-13(29-2)11-17(14)30-3/h5-11H,4,12H2,1-3H3,(H2,23,24,25,26,28). The molecule has 2 N–H and O–H groups in total. The average Bonchev–Trinajstić information content (AvgIpc) is 3.37. The van der Waals surface area contributed by atoms with Crippen molar-refractivity contribution in [2.75, 3.05) is 19.5 Å². The number of nitrogens with one attached hydrogen (secondary N) is 2. The van der Waals surface area contributed by atoms with E-state index in [1.54, 1.807) is 26.4 Å². The van der Waals surface area contributed by atoms with Crippen molar-refractivity contribution in [3.8, 4) is 22.9 Å². The molecular formula is C21H22N6O3. The van der Waals surface area contributed by atoms with Crippen molar-refractivity contribution in [2.24, 2.45) is 0 Å². The Morgan fingerprint density at radius 1 is 1.13 bits per heavy atom. The number of hydrogen-bond acceptors (Lipinski definition) is 6. The minimum atomic E-state index is -0.236. The van der Waals surface area contributed by atoms with E-state index < -0.39 is 0 Å². The maximum atomic E-state index is 12.6. The first-order chi connectivity index (χ1) is 14.6. The average molecular weight is 406 g/mol. The summed E-state index contributed by atoms with van der Waals surface area (Å²) in [7, 11) is 3.15. The third-order valence-corrected chi connectivity index (χ3v) is 4.75. The molecule has 0 fully saturated rings. The summed E-state index contributed by atoms with van der Waals surface area (Å²) < 4.78 is 12.5.